The predicted octanol–water partition coefficient (Wildman–Crippen LogP) is 5.64. The van der Waals surface area contributed by atoms with Crippen LogP contribution < -0.4 is 5.32 Å². The molecule has 6 nitrogen and oxygen atoms in total. The van der Waals surface area contributed by atoms with Crippen LogP contribution in [0.3, 0.4) is 0 Å². The number of aryl methyl sites for hydroxylation is 1. The third-order valence-electron chi connectivity index (χ3n) is 4.08. The van der Waals surface area contributed by atoms with E-state index in [0.717, 1.165) is 16.7 Å². The number of nitrogens with one attached hydrogen (secondary N) is 1. The van der Waals surface area contributed by atoms with Gasteiger partial charge in [-0.05, 0) is 51.2 Å². The van der Waals surface area contributed by atoms with Gasteiger partial charge < -0.3 is 5.32 Å². The fourth-order valence-corrected chi connectivity index (χ4v) is 3.25. The van der Waals surface area contributed by atoms with Crippen molar-refractivity contribution in [1.82, 2.24) is 4.98 Å². The van der Waals surface area contributed by atoms with Gasteiger partial charge in [-0.3, -0.25) is 14.9 Å². The minimum atomic E-state index is -0.589. The van der Waals surface area contributed by atoms with E-state index in [0.29, 0.717) is 16.0 Å². The maximum absolute atomic E-state index is 12.2. The number of anilines is 1. The molecule has 1 aromatic heterocycles. The van der Waals surface area contributed by atoms with E-state index in [1.807, 2.05) is 48.5 Å². The van der Waals surface area contributed by atoms with Gasteiger partial charge >= 0.3 is 5.69 Å². The van der Waals surface area contributed by atoms with Crippen molar-refractivity contribution in [3.8, 4) is 11.1 Å². The first-order chi connectivity index (χ1) is 13.4. The van der Waals surface area contributed by atoms with Crippen LogP contribution >= 0.6 is 27.5 Å². The van der Waals surface area contributed by atoms with Crippen LogP contribution in [0.2, 0.25) is 5.02 Å². The SMILES string of the molecule is O=C(CCc1ccc(-c2ccccc2)cc1Cl)Nc1nc(Br)ccc1[N+](=O)[O-]. The first kappa shape index (κ1) is 20.0. The molecule has 0 saturated carbocycles. The summed E-state index contributed by atoms with van der Waals surface area (Å²) in [7, 11) is 0. The van der Waals surface area contributed by atoms with Crippen molar-refractivity contribution < 1.29 is 9.72 Å². The maximum Gasteiger partial charge on any atom is 0.311 e. The number of halogens is 2. The number of aromatic nitrogens is 1. The number of carbonyl (C=O) groups is 1. The largest absolute Gasteiger partial charge is 0.311 e. The average molecular weight is 461 g/mol. The zero-order valence-corrected chi connectivity index (χ0v) is 16.9. The summed E-state index contributed by atoms with van der Waals surface area (Å²) in [6.45, 7) is 0. The Morgan fingerprint density at radius 1 is 1.11 bits per heavy atom. The van der Waals surface area contributed by atoms with Gasteiger partial charge in [-0.1, -0.05) is 54.1 Å². The van der Waals surface area contributed by atoms with Crippen LogP contribution in [0.15, 0.2) is 65.3 Å². The van der Waals surface area contributed by atoms with Crippen LogP contribution in [0, 0.1) is 10.1 Å². The highest BCUT2D eigenvalue weighted by molar-refractivity contribution is 9.10. The normalized spacial score (nSPS) is 10.5. The molecule has 0 unspecified atom stereocenters. The molecule has 0 spiro atoms. The Balaban J connectivity index is 1.67. The Morgan fingerprint density at radius 2 is 1.86 bits per heavy atom. The Bertz CT molecular complexity index is 1030. The van der Waals surface area contributed by atoms with Gasteiger partial charge in [-0.25, -0.2) is 4.98 Å². The van der Waals surface area contributed by atoms with Gasteiger partial charge in [0.25, 0.3) is 0 Å². The lowest BCUT2D eigenvalue weighted by Crippen LogP contribution is -2.15. The number of pyridine rings is 1. The molecule has 0 bridgehead atoms. The standard InChI is InChI=1S/C20H15BrClN3O3/c21-18-10-9-17(25(27)28)20(23-18)24-19(26)11-8-14-6-7-15(12-16(14)22)13-4-2-1-3-5-13/h1-7,9-10,12H,8,11H2,(H,23,24,26). The van der Waals surface area contributed by atoms with E-state index in [9.17, 15) is 14.9 Å². The van der Waals surface area contributed by atoms with Crippen LogP contribution in [0.1, 0.15) is 12.0 Å². The molecular formula is C20H15BrClN3O3. The molecule has 0 saturated heterocycles. The lowest BCUT2D eigenvalue weighted by molar-refractivity contribution is -0.384. The molecule has 0 aliphatic heterocycles. The number of hydrogen-bond acceptors (Lipinski definition) is 4. The molecule has 3 aromatic rings. The molecule has 0 atom stereocenters. The van der Waals surface area contributed by atoms with E-state index in [-0.39, 0.29) is 23.8 Å². The smallest absolute Gasteiger partial charge is 0.305 e. The van der Waals surface area contributed by atoms with Gasteiger partial charge in [0.05, 0.1) is 4.92 Å². The van der Waals surface area contributed by atoms with Crippen molar-refractivity contribution in [2.24, 2.45) is 0 Å². The molecule has 1 amide bonds. The topological polar surface area (TPSA) is 85.1 Å². The summed E-state index contributed by atoms with van der Waals surface area (Å²) >= 11 is 9.52. The van der Waals surface area contributed by atoms with E-state index < -0.39 is 4.92 Å². The fourth-order valence-electron chi connectivity index (χ4n) is 2.67. The first-order valence-electron chi connectivity index (χ1n) is 8.38. The van der Waals surface area contributed by atoms with Crippen molar-refractivity contribution in [2.75, 3.05) is 5.32 Å². The minimum Gasteiger partial charge on any atom is -0.305 e. The van der Waals surface area contributed by atoms with Crippen molar-refractivity contribution in [2.45, 2.75) is 12.8 Å². The van der Waals surface area contributed by atoms with E-state index in [2.05, 4.69) is 26.2 Å². The van der Waals surface area contributed by atoms with Crippen LogP contribution in [0.4, 0.5) is 11.5 Å². The van der Waals surface area contributed by atoms with Crippen molar-refractivity contribution in [3.63, 3.8) is 0 Å². The summed E-state index contributed by atoms with van der Waals surface area (Å²) in [6, 6.07) is 18.3. The number of benzene rings is 2. The highest BCUT2D eigenvalue weighted by atomic mass is 79.9. The van der Waals surface area contributed by atoms with Crippen molar-refractivity contribution in [1.29, 1.82) is 0 Å². The average Bonchev–Trinajstić information content (AvgIpc) is 2.67. The number of nitrogens with zero attached hydrogens (tertiary/aromatic N) is 2. The van der Waals surface area contributed by atoms with Gasteiger partial charge in [0.15, 0.2) is 0 Å². The van der Waals surface area contributed by atoms with Crippen LogP contribution in [-0.4, -0.2) is 15.8 Å². The highest BCUT2D eigenvalue weighted by Gasteiger charge is 2.18. The van der Waals surface area contributed by atoms with Gasteiger partial charge in [-0.15, -0.1) is 0 Å². The lowest BCUT2D eigenvalue weighted by Gasteiger charge is -2.08. The van der Waals surface area contributed by atoms with E-state index in [1.54, 1.807) is 0 Å². The van der Waals surface area contributed by atoms with E-state index >= 15 is 0 Å². The highest BCUT2D eigenvalue weighted by Crippen LogP contribution is 2.27. The van der Waals surface area contributed by atoms with Crippen LogP contribution in [0.25, 0.3) is 11.1 Å². The summed E-state index contributed by atoms with van der Waals surface area (Å²) in [5.41, 5.74) is 2.62. The zero-order valence-electron chi connectivity index (χ0n) is 14.6. The number of hydrogen-bond donors (Lipinski definition) is 1. The molecule has 0 aliphatic rings. The summed E-state index contributed by atoms with van der Waals surface area (Å²) in [5, 5.41) is 14.1. The second-order valence-electron chi connectivity index (χ2n) is 5.98. The van der Waals surface area contributed by atoms with Gasteiger partial charge in [-0.2, -0.15) is 0 Å². The fraction of sp³-hybridized carbons (Fsp3) is 0.100. The van der Waals surface area contributed by atoms with Crippen LogP contribution in [0.5, 0.6) is 0 Å². The molecule has 1 N–H and O–H groups in total. The third-order valence-corrected chi connectivity index (χ3v) is 4.87. The molecule has 1 heterocycles. The molecule has 2 aromatic carbocycles. The molecule has 0 fully saturated rings. The molecule has 0 radical (unpaired) electrons. The van der Waals surface area contributed by atoms with Gasteiger partial charge in [0.2, 0.25) is 11.7 Å². The second-order valence-corrected chi connectivity index (χ2v) is 7.20. The Labute approximate surface area is 174 Å². The van der Waals surface area contributed by atoms with Gasteiger partial charge in [0, 0.05) is 17.5 Å². The monoisotopic (exact) mass is 459 g/mol. The molecule has 3 rings (SSSR count). The Kier molecular flexibility index (Phi) is 6.38. The molecular weight excluding hydrogens is 446 g/mol. The number of carbonyl (C=O) groups excluding carboxylic acids is 1. The van der Waals surface area contributed by atoms with Crippen molar-refractivity contribution >= 4 is 44.9 Å². The molecule has 142 valence electrons. The minimum absolute atomic E-state index is 0.0881. The summed E-state index contributed by atoms with van der Waals surface area (Å²) in [6.07, 6.45) is 0.525. The van der Waals surface area contributed by atoms with Crippen molar-refractivity contribution in [3.05, 3.63) is 86.0 Å². The zero-order chi connectivity index (χ0) is 20.1. The summed E-state index contributed by atoms with van der Waals surface area (Å²) < 4.78 is 0.396. The summed E-state index contributed by atoms with van der Waals surface area (Å²) in [4.78, 5) is 26.7. The lowest BCUT2D eigenvalue weighted by atomic mass is 10.0. The maximum atomic E-state index is 12.2. The number of rotatable bonds is 6. The van der Waals surface area contributed by atoms with Gasteiger partial charge in [0.1, 0.15) is 4.60 Å². The van der Waals surface area contributed by atoms with E-state index in [1.165, 1.54) is 12.1 Å². The molecule has 8 heteroatoms. The molecule has 0 aliphatic carbocycles. The second kappa shape index (κ2) is 8.95. The number of nitro groups is 1. The summed E-state index contributed by atoms with van der Waals surface area (Å²) in [5.74, 6) is -0.466. The third kappa shape index (κ3) is 4.94. The Hall–Kier alpha value is -2.77. The molecule has 28 heavy (non-hydrogen) atoms. The van der Waals surface area contributed by atoms with Crippen LogP contribution in [-0.2, 0) is 11.2 Å². The Morgan fingerprint density at radius 3 is 2.54 bits per heavy atom. The number of amides is 1. The first-order valence-corrected chi connectivity index (χ1v) is 9.56. The van der Waals surface area contributed by atoms with E-state index in [4.69, 9.17) is 11.6 Å². The predicted molar refractivity (Wildman–Crippen MR) is 112 cm³/mol. The quantitative estimate of drug-likeness (QED) is 0.293.